The van der Waals surface area contributed by atoms with Gasteiger partial charge in [-0.05, 0) is 30.2 Å². The predicted molar refractivity (Wildman–Crippen MR) is 97.0 cm³/mol. The Morgan fingerprint density at radius 2 is 1.85 bits per heavy atom. The number of aromatic nitrogens is 2. The third-order valence-corrected chi connectivity index (χ3v) is 3.69. The molecule has 0 saturated heterocycles. The smallest absolute Gasteiger partial charge is 0.252 e. The number of rotatable bonds is 9. The minimum Gasteiger partial charge on any atom is -0.493 e. The summed E-state index contributed by atoms with van der Waals surface area (Å²) in [6.45, 7) is 3.45. The van der Waals surface area contributed by atoms with Gasteiger partial charge in [0.15, 0.2) is 11.5 Å². The second-order valence-electron chi connectivity index (χ2n) is 5.70. The zero-order valence-corrected chi connectivity index (χ0v) is 15.0. The highest BCUT2D eigenvalue weighted by atomic mass is 16.5. The highest BCUT2D eigenvalue weighted by Crippen LogP contribution is 2.31. The van der Waals surface area contributed by atoms with Gasteiger partial charge in [0.2, 0.25) is 5.82 Å². The van der Waals surface area contributed by atoms with Crippen LogP contribution in [0.15, 0.2) is 53.1 Å². The van der Waals surface area contributed by atoms with E-state index < -0.39 is 0 Å². The van der Waals surface area contributed by atoms with Crippen molar-refractivity contribution in [2.24, 2.45) is 0 Å². The minimum absolute atomic E-state index is 0.261. The third-order valence-electron chi connectivity index (χ3n) is 3.69. The Morgan fingerprint density at radius 1 is 1.00 bits per heavy atom. The first-order valence-electron chi connectivity index (χ1n) is 8.55. The van der Waals surface area contributed by atoms with E-state index >= 15 is 0 Å². The molecule has 0 aliphatic rings. The average molecular weight is 354 g/mol. The maximum Gasteiger partial charge on any atom is 0.252 e. The van der Waals surface area contributed by atoms with Crippen LogP contribution in [0.2, 0.25) is 0 Å². The summed E-state index contributed by atoms with van der Waals surface area (Å²) >= 11 is 0. The Hall–Kier alpha value is -2.86. The molecular weight excluding hydrogens is 332 g/mol. The normalized spacial score (nSPS) is 10.7. The summed E-state index contributed by atoms with van der Waals surface area (Å²) in [6, 6.07) is 15.5. The molecule has 3 aromatic rings. The van der Waals surface area contributed by atoms with E-state index in [1.54, 1.807) is 7.11 Å². The Kier molecular flexibility index (Phi) is 6.22. The van der Waals surface area contributed by atoms with Crippen molar-refractivity contribution < 1.29 is 18.7 Å². The Labute approximate surface area is 152 Å². The SMILES string of the molecule is CCCOc1ccc(-c2noc(COCc3ccccc3)n2)cc1OC. The summed E-state index contributed by atoms with van der Waals surface area (Å²) in [5.41, 5.74) is 1.89. The zero-order chi connectivity index (χ0) is 18.2. The summed E-state index contributed by atoms with van der Waals surface area (Å²) in [7, 11) is 1.61. The Bertz CT molecular complexity index is 818. The Balaban J connectivity index is 1.63. The first-order valence-corrected chi connectivity index (χ1v) is 8.55. The molecule has 0 unspecified atom stereocenters. The zero-order valence-electron chi connectivity index (χ0n) is 15.0. The van der Waals surface area contributed by atoms with E-state index in [1.165, 1.54) is 0 Å². The van der Waals surface area contributed by atoms with Gasteiger partial charge in [0, 0.05) is 5.56 Å². The van der Waals surface area contributed by atoms with Crippen molar-refractivity contribution in [3.8, 4) is 22.9 Å². The highest BCUT2D eigenvalue weighted by Gasteiger charge is 2.12. The van der Waals surface area contributed by atoms with Crippen LogP contribution >= 0.6 is 0 Å². The third kappa shape index (κ3) is 4.61. The van der Waals surface area contributed by atoms with Crippen LogP contribution in [0.3, 0.4) is 0 Å². The number of methoxy groups -OCH3 is 1. The molecule has 6 heteroatoms. The minimum atomic E-state index is 0.261. The second kappa shape index (κ2) is 9.01. The molecular formula is C20H22N2O4. The molecule has 0 aliphatic carbocycles. The molecule has 2 aromatic carbocycles. The average Bonchev–Trinajstić information content (AvgIpc) is 3.16. The van der Waals surface area contributed by atoms with E-state index in [2.05, 4.69) is 17.1 Å². The summed E-state index contributed by atoms with van der Waals surface area (Å²) < 4.78 is 21.9. The molecule has 0 spiro atoms. The molecule has 0 radical (unpaired) electrons. The molecule has 1 aromatic heterocycles. The van der Waals surface area contributed by atoms with E-state index in [1.807, 2.05) is 48.5 Å². The molecule has 3 rings (SSSR count). The van der Waals surface area contributed by atoms with Crippen molar-refractivity contribution in [3.63, 3.8) is 0 Å². The van der Waals surface area contributed by atoms with Crippen LogP contribution in [0, 0.1) is 0 Å². The molecule has 0 aliphatic heterocycles. The molecule has 0 saturated carbocycles. The molecule has 0 bridgehead atoms. The largest absolute Gasteiger partial charge is 0.493 e. The van der Waals surface area contributed by atoms with E-state index in [0.717, 1.165) is 17.5 Å². The summed E-state index contributed by atoms with van der Waals surface area (Å²) in [4.78, 5) is 4.38. The maximum absolute atomic E-state index is 5.66. The van der Waals surface area contributed by atoms with E-state index in [0.29, 0.717) is 36.4 Å². The fraction of sp³-hybridized carbons (Fsp3) is 0.300. The number of hydrogen-bond acceptors (Lipinski definition) is 6. The molecule has 0 fully saturated rings. The first kappa shape index (κ1) is 17.9. The summed E-state index contributed by atoms with van der Waals surface area (Å²) in [5, 5.41) is 4.02. The van der Waals surface area contributed by atoms with Gasteiger partial charge in [-0.1, -0.05) is 42.4 Å². The van der Waals surface area contributed by atoms with Gasteiger partial charge < -0.3 is 18.7 Å². The standard InChI is InChI=1S/C20H22N2O4/c1-3-11-25-17-10-9-16(12-18(17)23-2)20-21-19(26-22-20)14-24-13-15-7-5-4-6-8-15/h4-10,12H,3,11,13-14H2,1-2H3. The molecule has 136 valence electrons. The van der Waals surface area contributed by atoms with Gasteiger partial charge in [0.1, 0.15) is 6.61 Å². The maximum atomic E-state index is 5.66. The number of hydrogen-bond donors (Lipinski definition) is 0. The monoisotopic (exact) mass is 354 g/mol. The lowest BCUT2D eigenvalue weighted by Crippen LogP contribution is -1.98. The lowest BCUT2D eigenvalue weighted by atomic mass is 10.2. The van der Waals surface area contributed by atoms with E-state index in [9.17, 15) is 0 Å². The number of benzene rings is 2. The van der Waals surface area contributed by atoms with Crippen LogP contribution in [0.4, 0.5) is 0 Å². The quantitative estimate of drug-likeness (QED) is 0.572. The van der Waals surface area contributed by atoms with Crippen LogP contribution in [0.1, 0.15) is 24.8 Å². The van der Waals surface area contributed by atoms with Crippen LogP contribution in [0.5, 0.6) is 11.5 Å². The first-order chi connectivity index (χ1) is 12.8. The predicted octanol–water partition coefficient (Wildman–Crippen LogP) is 4.25. The van der Waals surface area contributed by atoms with Gasteiger partial charge in [0.25, 0.3) is 5.89 Å². The van der Waals surface area contributed by atoms with E-state index in [-0.39, 0.29) is 6.61 Å². The van der Waals surface area contributed by atoms with E-state index in [4.69, 9.17) is 18.7 Å². The fourth-order valence-electron chi connectivity index (χ4n) is 2.40. The van der Waals surface area contributed by atoms with Gasteiger partial charge in [-0.2, -0.15) is 4.98 Å². The van der Waals surface area contributed by atoms with Crippen molar-refractivity contribution in [1.82, 2.24) is 10.1 Å². The van der Waals surface area contributed by atoms with Crippen LogP contribution in [-0.2, 0) is 18.0 Å². The highest BCUT2D eigenvalue weighted by molar-refractivity contribution is 5.60. The Morgan fingerprint density at radius 3 is 2.62 bits per heavy atom. The van der Waals surface area contributed by atoms with Crippen LogP contribution in [0.25, 0.3) is 11.4 Å². The molecule has 0 atom stereocenters. The lowest BCUT2D eigenvalue weighted by Gasteiger charge is -2.10. The molecule has 0 amide bonds. The summed E-state index contributed by atoms with van der Waals surface area (Å²) in [6.07, 6.45) is 0.933. The topological polar surface area (TPSA) is 66.6 Å². The van der Waals surface area contributed by atoms with Gasteiger partial charge in [0.05, 0.1) is 20.3 Å². The second-order valence-corrected chi connectivity index (χ2v) is 5.70. The van der Waals surface area contributed by atoms with Crippen LogP contribution in [-0.4, -0.2) is 23.9 Å². The number of ether oxygens (including phenoxy) is 3. The van der Waals surface area contributed by atoms with Crippen LogP contribution < -0.4 is 9.47 Å². The van der Waals surface area contributed by atoms with Gasteiger partial charge >= 0.3 is 0 Å². The summed E-state index contributed by atoms with van der Waals surface area (Å²) in [5.74, 6) is 2.26. The van der Waals surface area contributed by atoms with Crippen molar-refractivity contribution in [2.75, 3.05) is 13.7 Å². The molecule has 6 nitrogen and oxygen atoms in total. The van der Waals surface area contributed by atoms with Crippen molar-refractivity contribution >= 4 is 0 Å². The lowest BCUT2D eigenvalue weighted by molar-refractivity contribution is 0.0850. The molecule has 0 N–H and O–H groups in total. The van der Waals surface area contributed by atoms with Gasteiger partial charge in [-0.15, -0.1) is 0 Å². The van der Waals surface area contributed by atoms with Gasteiger partial charge in [-0.3, -0.25) is 0 Å². The van der Waals surface area contributed by atoms with Gasteiger partial charge in [-0.25, -0.2) is 0 Å². The van der Waals surface area contributed by atoms with Crippen molar-refractivity contribution in [2.45, 2.75) is 26.6 Å². The number of nitrogens with zero attached hydrogens (tertiary/aromatic N) is 2. The van der Waals surface area contributed by atoms with Crippen molar-refractivity contribution in [3.05, 3.63) is 60.0 Å². The fourth-order valence-corrected chi connectivity index (χ4v) is 2.40. The molecule has 26 heavy (non-hydrogen) atoms. The molecule has 1 heterocycles. The van der Waals surface area contributed by atoms with Crippen molar-refractivity contribution in [1.29, 1.82) is 0 Å².